The number of nitrogens with one attached hydrogen (secondary N) is 1. The van der Waals surface area contributed by atoms with Gasteiger partial charge in [0.15, 0.2) is 0 Å². The van der Waals surface area contributed by atoms with Gasteiger partial charge in [-0.1, -0.05) is 13.0 Å². The molecule has 0 atom stereocenters. The van der Waals surface area contributed by atoms with Crippen LogP contribution >= 0.6 is 0 Å². The molecule has 0 aliphatic heterocycles. The number of carbonyl (C=O) groups is 1. The highest BCUT2D eigenvalue weighted by Gasteiger charge is 2.23. The van der Waals surface area contributed by atoms with E-state index >= 15 is 0 Å². The zero-order valence-electron chi connectivity index (χ0n) is 19.5. The number of hydrogen-bond donors (Lipinski definition) is 1. The van der Waals surface area contributed by atoms with Gasteiger partial charge < -0.3 is 19.5 Å². The molecule has 0 unspecified atom stereocenters. The number of benzene rings is 2. The number of ether oxygens (including phenoxy) is 3. The van der Waals surface area contributed by atoms with Crippen molar-refractivity contribution in [2.24, 2.45) is 5.92 Å². The molecule has 33 heavy (non-hydrogen) atoms. The van der Waals surface area contributed by atoms with Gasteiger partial charge >= 0.3 is 0 Å². The van der Waals surface area contributed by atoms with Crippen LogP contribution in [0.1, 0.15) is 37.4 Å². The molecule has 7 heteroatoms. The molecule has 2 aromatic carbocycles. The number of nitrogens with zero attached hydrogens (tertiary/aromatic N) is 2. The van der Waals surface area contributed by atoms with Crippen molar-refractivity contribution in [3.8, 4) is 28.8 Å². The maximum Gasteiger partial charge on any atom is 0.226 e. The molecular weight excluding hydrogens is 418 g/mol. The first-order valence-corrected chi connectivity index (χ1v) is 11.4. The predicted molar refractivity (Wildman–Crippen MR) is 127 cm³/mol. The van der Waals surface area contributed by atoms with Crippen molar-refractivity contribution in [1.29, 1.82) is 0 Å². The van der Waals surface area contributed by atoms with Crippen molar-refractivity contribution in [3.63, 3.8) is 0 Å². The van der Waals surface area contributed by atoms with Crippen LogP contribution in [0.4, 0.5) is 0 Å². The average molecular weight is 450 g/mol. The number of carbonyl (C=O) groups excluding carboxylic acids is 1. The number of methoxy groups -OCH3 is 2. The lowest BCUT2D eigenvalue weighted by Crippen LogP contribution is -2.25. The first kappa shape index (κ1) is 22.7. The molecule has 1 fully saturated rings. The van der Waals surface area contributed by atoms with E-state index in [9.17, 15) is 4.79 Å². The Morgan fingerprint density at radius 1 is 1.06 bits per heavy atom. The summed E-state index contributed by atoms with van der Waals surface area (Å²) in [5.41, 5.74) is 2.71. The Kier molecular flexibility index (Phi) is 7.17. The largest absolute Gasteiger partial charge is 0.497 e. The highest BCUT2D eigenvalue weighted by molar-refractivity contribution is 5.76. The Hall–Kier alpha value is -3.48. The van der Waals surface area contributed by atoms with Crippen LogP contribution in [0.2, 0.25) is 0 Å². The van der Waals surface area contributed by atoms with Gasteiger partial charge in [0, 0.05) is 24.6 Å². The first-order chi connectivity index (χ1) is 16.1. The van der Waals surface area contributed by atoms with Gasteiger partial charge in [-0.3, -0.25) is 4.79 Å². The van der Waals surface area contributed by atoms with E-state index in [2.05, 4.69) is 12.2 Å². The third-order valence-corrected chi connectivity index (χ3v) is 5.81. The average Bonchev–Trinajstić information content (AvgIpc) is 3.62. The Morgan fingerprint density at radius 3 is 2.45 bits per heavy atom. The smallest absolute Gasteiger partial charge is 0.226 e. The molecular formula is C26H31N3O4. The lowest BCUT2D eigenvalue weighted by atomic mass is 10.1. The summed E-state index contributed by atoms with van der Waals surface area (Å²) in [6.07, 6.45) is 4.11. The van der Waals surface area contributed by atoms with Gasteiger partial charge in [-0.15, -0.1) is 0 Å². The molecule has 1 aliphatic carbocycles. The van der Waals surface area contributed by atoms with Crippen LogP contribution in [0.3, 0.4) is 0 Å². The molecule has 1 saturated carbocycles. The van der Waals surface area contributed by atoms with Crippen molar-refractivity contribution in [2.75, 3.05) is 20.8 Å². The van der Waals surface area contributed by atoms with Gasteiger partial charge in [0.05, 0.1) is 25.6 Å². The van der Waals surface area contributed by atoms with E-state index < -0.39 is 0 Å². The van der Waals surface area contributed by atoms with Crippen LogP contribution < -0.4 is 19.5 Å². The van der Waals surface area contributed by atoms with Crippen molar-refractivity contribution in [1.82, 2.24) is 15.1 Å². The first-order valence-electron chi connectivity index (χ1n) is 11.4. The summed E-state index contributed by atoms with van der Waals surface area (Å²) in [5, 5.41) is 7.89. The van der Waals surface area contributed by atoms with E-state index in [1.807, 2.05) is 48.5 Å². The molecule has 1 aromatic heterocycles. The van der Waals surface area contributed by atoms with Crippen molar-refractivity contribution in [2.45, 2.75) is 39.0 Å². The normalized spacial score (nSPS) is 12.9. The van der Waals surface area contributed by atoms with Gasteiger partial charge in [-0.2, -0.15) is 5.10 Å². The monoisotopic (exact) mass is 449 g/mol. The maximum absolute atomic E-state index is 12.4. The Balaban J connectivity index is 1.65. The van der Waals surface area contributed by atoms with Gasteiger partial charge in [0.1, 0.15) is 17.2 Å². The van der Waals surface area contributed by atoms with Crippen LogP contribution in [0, 0.1) is 5.92 Å². The highest BCUT2D eigenvalue weighted by Crippen LogP contribution is 2.34. The maximum atomic E-state index is 12.4. The summed E-state index contributed by atoms with van der Waals surface area (Å²) in [6.45, 7) is 2.84. The number of amides is 1. The molecule has 1 aliphatic rings. The molecule has 7 nitrogen and oxygen atoms in total. The SMILES string of the molecule is CCc1nn(-c2ccc(OC)cc2)c(Oc2cccc(OC)c2)c1CCC(=O)NCC1CC1. The molecule has 0 radical (unpaired) electrons. The lowest BCUT2D eigenvalue weighted by Gasteiger charge is -2.13. The zero-order chi connectivity index (χ0) is 23.2. The molecule has 1 heterocycles. The van der Waals surface area contributed by atoms with Crippen LogP contribution in [0.5, 0.6) is 23.1 Å². The summed E-state index contributed by atoms with van der Waals surface area (Å²) >= 11 is 0. The molecule has 0 saturated heterocycles. The van der Waals surface area contributed by atoms with Gasteiger partial charge in [0.2, 0.25) is 11.8 Å². The fourth-order valence-corrected chi connectivity index (χ4v) is 3.70. The second kappa shape index (κ2) is 10.4. The van der Waals surface area contributed by atoms with E-state index in [4.69, 9.17) is 19.3 Å². The minimum atomic E-state index is 0.0634. The van der Waals surface area contributed by atoms with E-state index in [0.717, 1.165) is 35.7 Å². The van der Waals surface area contributed by atoms with E-state index in [0.29, 0.717) is 36.1 Å². The predicted octanol–water partition coefficient (Wildman–Crippen LogP) is 4.70. The fourth-order valence-electron chi connectivity index (χ4n) is 3.70. The number of aryl methyl sites for hydroxylation is 1. The number of aromatic nitrogens is 2. The van der Waals surface area contributed by atoms with Crippen LogP contribution in [-0.2, 0) is 17.6 Å². The van der Waals surface area contributed by atoms with Gasteiger partial charge in [0.25, 0.3) is 0 Å². The molecule has 1 N–H and O–H groups in total. The van der Waals surface area contributed by atoms with Crippen molar-refractivity contribution in [3.05, 3.63) is 59.8 Å². The summed E-state index contributed by atoms with van der Waals surface area (Å²) in [7, 11) is 3.27. The fraction of sp³-hybridized carbons (Fsp3) is 0.385. The summed E-state index contributed by atoms with van der Waals surface area (Å²) < 4.78 is 18.8. The van der Waals surface area contributed by atoms with Crippen molar-refractivity contribution < 1.29 is 19.0 Å². The second-order valence-electron chi connectivity index (χ2n) is 8.22. The minimum Gasteiger partial charge on any atom is -0.497 e. The Bertz CT molecular complexity index is 1090. The lowest BCUT2D eigenvalue weighted by molar-refractivity contribution is -0.121. The Labute approximate surface area is 194 Å². The van der Waals surface area contributed by atoms with E-state index in [-0.39, 0.29) is 5.91 Å². The third-order valence-electron chi connectivity index (χ3n) is 5.81. The van der Waals surface area contributed by atoms with Crippen molar-refractivity contribution >= 4 is 5.91 Å². The third kappa shape index (κ3) is 5.66. The number of rotatable bonds is 11. The quantitative estimate of drug-likeness (QED) is 0.459. The molecule has 0 bridgehead atoms. The van der Waals surface area contributed by atoms with E-state index in [1.54, 1.807) is 18.9 Å². The molecule has 1 amide bonds. The summed E-state index contributed by atoms with van der Waals surface area (Å²) in [4.78, 5) is 12.4. The zero-order valence-corrected chi connectivity index (χ0v) is 19.5. The van der Waals surface area contributed by atoms with Gasteiger partial charge in [-0.05, 0) is 68.0 Å². The number of hydrogen-bond acceptors (Lipinski definition) is 5. The van der Waals surface area contributed by atoms with Gasteiger partial charge in [-0.25, -0.2) is 4.68 Å². The van der Waals surface area contributed by atoms with Crippen LogP contribution in [-0.4, -0.2) is 36.5 Å². The molecule has 0 spiro atoms. The second-order valence-corrected chi connectivity index (χ2v) is 8.22. The standard InChI is InChI=1S/C26H31N3O4/c1-4-24-23(14-15-25(30)27-17-18-8-9-18)26(33-22-7-5-6-21(16-22)32-3)29(28-24)19-10-12-20(31-2)13-11-19/h5-7,10-13,16,18H,4,8-9,14-15,17H2,1-3H3,(H,27,30). The Morgan fingerprint density at radius 2 is 1.79 bits per heavy atom. The molecule has 4 rings (SSSR count). The van der Waals surface area contributed by atoms with Crippen LogP contribution in [0.25, 0.3) is 5.69 Å². The summed E-state index contributed by atoms with van der Waals surface area (Å²) in [5.74, 6) is 3.45. The van der Waals surface area contributed by atoms with E-state index in [1.165, 1.54) is 12.8 Å². The molecule has 3 aromatic rings. The topological polar surface area (TPSA) is 74.6 Å². The summed E-state index contributed by atoms with van der Waals surface area (Å²) in [6, 6.07) is 15.1. The minimum absolute atomic E-state index is 0.0634. The molecule has 174 valence electrons. The highest BCUT2D eigenvalue weighted by atomic mass is 16.5. The van der Waals surface area contributed by atoms with Crippen LogP contribution in [0.15, 0.2) is 48.5 Å².